The van der Waals surface area contributed by atoms with E-state index in [9.17, 15) is 23.1 Å². The summed E-state index contributed by atoms with van der Waals surface area (Å²) in [6.45, 7) is 0.130. The zero-order valence-electron chi connectivity index (χ0n) is 10.4. The predicted molar refractivity (Wildman–Crippen MR) is 64.0 cm³/mol. The van der Waals surface area contributed by atoms with Gasteiger partial charge in [0.05, 0.1) is 30.0 Å². The lowest BCUT2D eigenvalue weighted by atomic mass is 10.1. The van der Waals surface area contributed by atoms with E-state index in [0.29, 0.717) is 18.7 Å². The number of nitrogens with one attached hydrogen (secondary N) is 1. The lowest BCUT2D eigenvalue weighted by Gasteiger charge is -2.12. The highest BCUT2D eigenvalue weighted by Crippen LogP contribution is 2.29. The van der Waals surface area contributed by atoms with Crippen molar-refractivity contribution < 1.29 is 23.1 Å². The summed E-state index contributed by atoms with van der Waals surface area (Å²) >= 11 is 0. The minimum absolute atomic E-state index is 0.130. The average molecular weight is 285 g/mol. The molecule has 0 radical (unpaired) electrons. The van der Waals surface area contributed by atoms with Crippen LogP contribution in [0.4, 0.5) is 13.2 Å². The van der Waals surface area contributed by atoms with E-state index in [1.54, 1.807) is 0 Å². The van der Waals surface area contributed by atoms with E-state index in [0.717, 1.165) is 17.7 Å². The Kier molecular flexibility index (Phi) is 3.96. The number of aliphatic carboxylic acids is 1. The molecule has 0 saturated carbocycles. The Morgan fingerprint density at radius 2 is 1.95 bits per heavy atom. The molecule has 1 atom stereocenters. The van der Waals surface area contributed by atoms with Crippen LogP contribution in [-0.4, -0.2) is 24.4 Å². The number of carbonyl (C=O) groups excluding carboxylic acids is 1. The first-order valence-electron chi connectivity index (χ1n) is 6.03. The van der Waals surface area contributed by atoms with Crippen molar-refractivity contribution in [2.45, 2.75) is 25.1 Å². The first kappa shape index (κ1) is 14.4. The summed E-state index contributed by atoms with van der Waals surface area (Å²) in [4.78, 5) is 14.6. The largest absolute Gasteiger partial charge is 0.548 e. The van der Waals surface area contributed by atoms with Crippen molar-refractivity contribution in [1.82, 2.24) is 5.32 Å². The van der Waals surface area contributed by atoms with Crippen LogP contribution in [0.25, 0.3) is 0 Å². The lowest BCUT2D eigenvalue weighted by Crippen LogP contribution is -2.45. The number of benzene rings is 1. The minimum Gasteiger partial charge on any atom is -0.548 e. The molecule has 0 aromatic heterocycles. The van der Waals surface area contributed by atoms with Gasteiger partial charge < -0.3 is 15.2 Å². The minimum atomic E-state index is -4.34. The van der Waals surface area contributed by atoms with Crippen LogP contribution in [0.2, 0.25) is 0 Å². The van der Waals surface area contributed by atoms with Crippen molar-refractivity contribution in [1.29, 1.82) is 0 Å². The van der Waals surface area contributed by atoms with Gasteiger partial charge in [-0.05, 0) is 24.1 Å². The number of hydrogen-bond acceptors (Lipinski definition) is 4. The first-order chi connectivity index (χ1) is 9.36. The van der Waals surface area contributed by atoms with E-state index in [-0.39, 0.29) is 6.54 Å². The predicted octanol–water partition coefficient (Wildman–Crippen LogP) is 0.758. The number of amidine groups is 1. The molecule has 0 amide bonds. The number of alkyl halides is 3. The fourth-order valence-corrected chi connectivity index (χ4v) is 1.90. The topological polar surface area (TPSA) is 64.5 Å². The second-order valence-electron chi connectivity index (χ2n) is 4.50. The van der Waals surface area contributed by atoms with E-state index < -0.39 is 23.8 Å². The molecule has 1 aliphatic rings. The number of rotatable bonds is 4. The number of nitrogens with zero attached hydrogens (tertiary/aromatic N) is 1. The molecule has 1 N–H and O–H groups in total. The monoisotopic (exact) mass is 285 g/mol. The van der Waals surface area contributed by atoms with Gasteiger partial charge in [-0.25, -0.2) is 0 Å². The zero-order chi connectivity index (χ0) is 14.8. The van der Waals surface area contributed by atoms with Crippen molar-refractivity contribution in [3.8, 4) is 0 Å². The highest BCUT2D eigenvalue weighted by molar-refractivity contribution is 5.89. The number of carbonyl (C=O) groups is 1. The van der Waals surface area contributed by atoms with Crippen LogP contribution in [0.5, 0.6) is 0 Å². The second kappa shape index (κ2) is 5.52. The number of aryl methyl sites for hydroxylation is 1. The van der Waals surface area contributed by atoms with Crippen molar-refractivity contribution >= 4 is 11.8 Å². The summed E-state index contributed by atoms with van der Waals surface area (Å²) < 4.78 is 37.1. The van der Waals surface area contributed by atoms with E-state index in [2.05, 4.69) is 10.3 Å². The van der Waals surface area contributed by atoms with Crippen LogP contribution in [0.15, 0.2) is 29.3 Å². The summed E-state index contributed by atoms with van der Waals surface area (Å²) in [6, 6.07) is 4.08. The molecule has 1 unspecified atom stereocenters. The standard InChI is InChI=1S/C13H13F3N2O2/c14-13(15,16)9-4-1-8(2-5-9)3-6-11-17-7-10(18-11)12(19)20/h1-2,4-5,10H,3,6-7H2,(H,17,18)(H,19,20)/p-1. The van der Waals surface area contributed by atoms with Crippen LogP contribution in [0.1, 0.15) is 17.5 Å². The molecule has 0 fully saturated rings. The Hall–Kier alpha value is -2.05. The molecule has 0 bridgehead atoms. The van der Waals surface area contributed by atoms with Gasteiger partial charge in [0.2, 0.25) is 0 Å². The van der Waals surface area contributed by atoms with Gasteiger partial charge in [0.1, 0.15) is 0 Å². The third kappa shape index (κ3) is 3.49. The summed E-state index contributed by atoms with van der Waals surface area (Å²) in [7, 11) is 0. The Morgan fingerprint density at radius 3 is 2.45 bits per heavy atom. The quantitative estimate of drug-likeness (QED) is 0.888. The van der Waals surface area contributed by atoms with E-state index in [4.69, 9.17) is 0 Å². The molecule has 1 aromatic carbocycles. The maximum absolute atomic E-state index is 12.4. The van der Waals surface area contributed by atoms with Gasteiger partial charge in [-0.2, -0.15) is 13.2 Å². The number of hydrogen-bond donors (Lipinski definition) is 1. The lowest BCUT2D eigenvalue weighted by molar-refractivity contribution is -0.307. The summed E-state index contributed by atoms with van der Waals surface area (Å²) in [5, 5.41) is 13.3. The highest BCUT2D eigenvalue weighted by atomic mass is 19.4. The van der Waals surface area contributed by atoms with Gasteiger partial charge >= 0.3 is 6.18 Å². The third-order valence-corrected chi connectivity index (χ3v) is 3.02. The Morgan fingerprint density at radius 1 is 1.30 bits per heavy atom. The number of halogens is 3. The molecule has 0 saturated heterocycles. The number of aliphatic imine (C=N–C) groups is 1. The van der Waals surface area contributed by atoms with Crippen molar-refractivity contribution in [2.75, 3.05) is 6.54 Å². The Balaban J connectivity index is 1.88. The van der Waals surface area contributed by atoms with Crippen molar-refractivity contribution in [2.24, 2.45) is 4.99 Å². The van der Waals surface area contributed by atoms with Gasteiger partial charge in [0, 0.05) is 6.42 Å². The SMILES string of the molecule is O=C([O-])C1CN=C(CCc2ccc(C(F)(F)F)cc2)N1. The molecule has 1 aliphatic heterocycles. The van der Waals surface area contributed by atoms with E-state index in [1.807, 2.05) is 0 Å². The molecule has 0 spiro atoms. The number of carboxylic acid groups (broad SMARTS) is 1. The zero-order valence-corrected chi connectivity index (χ0v) is 10.4. The van der Waals surface area contributed by atoms with E-state index in [1.165, 1.54) is 12.1 Å². The molecule has 0 aliphatic carbocycles. The molecule has 7 heteroatoms. The maximum atomic E-state index is 12.4. The van der Waals surface area contributed by atoms with Crippen LogP contribution in [0, 0.1) is 0 Å². The molecule has 2 rings (SSSR count). The van der Waals surface area contributed by atoms with Gasteiger partial charge in [-0.1, -0.05) is 12.1 Å². The number of carboxylic acids is 1. The van der Waals surface area contributed by atoms with Crippen molar-refractivity contribution in [3.63, 3.8) is 0 Å². The molecule has 1 aromatic rings. The highest BCUT2D eigenvalue weighted by Gasteiger charge is 2.29. The summed E-state index contributed by atoms with van der Waals surface area (Å²) in [6.07, 6.45) is -3.39. The van der Waals surface area contributed by atoms with Crippen molar-refractivity contribution in [3.05, 3.63) is 35.4 Å². The summed E-state index contributed by atoms with van der Waals surface area (Å²) in [5.74, 6) is -0.669. The smallest absolute Gasteiger partial charge is 0.416 e. The van der Waals surface area contributed by atoms with Crippen LogP contribution in [0.3, 0.4) is 0 Å². The fourth-order valence-electron chi connectivity index (χ4n) is 1.90. The van der Waals surface area contributed by atoms with Crippen LogP contribution >= 0.6 is 0 Å². The molecular weight excluding hydrogens is 273 g/mol. The molecular formula is C13H12F3N2O2-. The van der Waals surface area contributed by atoms with Crippen LogP contribution < -0.4 is 10.4 Å². The second-order valence-corrected chi connectivity index (χ2v) is 4.50. The van der Waals surface area contributed by atoms with Gasteiger partial charge in [-0.15, -0.1) is 0 Å². The van der Waals surface area contributed by atoms with Gasteiger partial charge in [0.15, 0.2) is 0 Å². The summed E-state index contributed by atoms with van der Waals surface area (Å²) in [5.41, 5.74) is 0.0500. The average Bonchev–Trinajstić information content (AvgIpc) is 2.85. The third-order valence-electron chi connectivity index (χ3n) is 3.02. The first-order valence-corrected chi connectivity index (χ1v) is 6.03. The van der Waals surface area contributed by atoms with Crippen LogP contribution in [-0.2, 0) is 17.4 Å². The molecule has 4 nitrogen and oxygen atoms in total. The van der Waals surface area contributed by atoms with Gasteiger partial charge in [0.25, 0.3) is 0 Å². The Bertz CT molecular complexity index is 523. The van der Waals surface area contributed by atoms with E-state index >= 15 is 0 Å². The Labute approximate surface area is 113 Å². The maximum Gasteiger partial charge on any atom is 0.416 e. The molecule has 20 heavy (non-hydrogen) atoms. The normalized spacial score (nSPS) is 18.6. The molecule has 1 heterocycles. The molecule has 108 valence electrons. The van der Waals surface area contributed by atoms with Gasteiger partial charge in [-0.3, -0.25) is 4.99 Å². The fraction of sp³-hybridized carbons (Fsp3) is 0.385.